The van der Waals surface area contributed by atoms with Crippen LogP contribution in [-0.2, 0) is 19.1 Å². The quantitative estimate of drug-likeness (QED) is 0.628. The number of hydrogen-bond acceptors (Lipinski definition) is 5. The van der Waals surface area contributed by atoms with E-state index in [1.807, 2.05) is 12.2 Å². The molecule has 4 atom stereocenters. The molecule has 4 aliphatic rings. The highest BCUT2D eigenvalue weighted by molar-refractivity contribution is 6.09. The molecule has 2 bridgehead atoms. The average molecular weight is 381 g/mol. The maximum atomic E-state index is 12.7. The Bertz CT molecular complexity index is 896. The highest BCUT2D eigenvalue weighted by Crippen LogP contribution is 2.52. The van der Waals surface area contributed by atoms with Gasteiger partial charge in [-0.25, -0.2) is 4.79 Å². The van der Waals surface area contributed by atoms with E-state index in [0.717, 1.165) is 11.3 Å². The van der Waals surface area contributed by atoms with Gasteiger partial charge in [-0.2, -0.15) is 0 Å². The van der Waals surface area contributed by atoms with Crippen molar-refractivity contribution in [1.29, 1.82) is 0 Å². The number of likely N-dealkylation sites (tertiary alicyclic amines) is 1. The SMILES string of the molecule is O=C(CN1C(=O)C2C3C=CC(C3)C2C1=O)Nc1cccc(N2CCOC2=O)c1. The second-order valence-corrected chi connectivity index (χ2v) is 7.63. The number of carbonyl (C=O) groups excluding carboxylic acids is 4. The molecular formula is C20H19N3O5. The monoisotopic (exact) mass is 381 g/mol. The lowest BCUT2D eigenvalue weighted by Crippen LogP contribution is -2.39. The van der Waals surface area contributed by atoms with Crippen molar-refractivity contribution in [2.45, 2.75) is 6.42 Å². The summed E-state index contributed by atoms with van der Waals surface area (Å²) in [6, 6.07) is 6.82. The molecule has 2 aliphatic heterocycles. The van der Waals surface area contributed by atoms with Crippen LogP contribution in [0.25, 0.3) is 0 Å². The molecule has 0 aromatic heterocycles. The van der Waals surface area contributed by atoms with Gasteiger partial charge < -0.3 is 10.1 Å². The number of nitrogens with zero attached hydrogens (tertiary/aromatic N) is 2. The van der Waals surface area contributed by atoms with E-state index in [1.54, 1.807) is 24.3 Å². The molecule has 4 unspecified atom stereocenters. The van der Waals surface area contributed by atoms with Gasteiger partial charge in [0, 0.05) is 11.4 Å². The van der Waals surface area contributed by atoms with Crippen molar-refractivity contribution in [2.75, 3.05) is 29.9 Å². The van der Waals surface area contributed by atoms with Gasteiger partial charge in [-0.05, 0) is 36.5 Å². The third kappa shape index (κ3) is 2.51. The minimum Gasteiger partial charge on any atom is -0.447 e. The Balaban J connectivity index is 1.27. The Morgan fingerprint density at radius 1 is 1.11 bits per heavy atom. The van der Waals surface area contributed by atoms with Gasteiger partial charge in [0.25, 0.3) is 0 Å². The molecule has 144 valence electrons. The van der Waals surface area contributed by atoms with Crippen LogP contribution in [0.1, 0.15) is 6.42 Å². The van der Waals surface area contributed by atoms with Gasteiger partial charge >= 0.3 is 6.09 Å². The first-order valence-electron chi connectivity index (χ1n) is 9.40. The third-order valence-corrected chi connectivity index (χ3v) is 6.07. The van der Waals surface area contributed by atoms with Crippen LogP contribution in [0, 0.1) is 23.7 Å². The molecule has 28 heavy (non-hydrogen) atoms. The predicted octanol–water partition coefficient (Wildman–Crippen LogP) is 1.39. The number of amides is 4. The van der Waals surface area contributed by atoms with Crippen molar-refractivity contribution in [2.24, 2.45) is 23.7 Å². The molecule has 1 aromatic rings. The van der Waals surface area contributed by atoms with Crippen LogP contribution < -0.4 is 10.2 Å². The highest BCUT2D eigenvalue weighted by Gasteiger charge is 2.59. The number of cyclic esters (lactones) is 1. The number of carbonyl (C=O) groups is 4. The number of hydrogen-bond donors (Lipinski definition) is 1. The van der Waals surface area contributed by atoms with Crippen LogP contribution in [0.3, 0.4) is 0 Å². The van der Waals surface area contributed by atoms with Crippen molar-refractivity contribution < 1.29 is 23.9 Å². The van der Waals surface area contributed by atoms with Gasteiger partial charge in [-0.1, -0.05) is 18.2 Å². The predicted molar refractivity (Wildman–Crippen MR) is 98.2 cm³/mol. The van der Waals surface area contributed by atoms with E-state index in [9.17, 15) is 19.2 Å². The van der Waals surface area contributed by atoms with Crippen molar-refractivity contribution in [3.8, 4) is 0 Å². The first-order valence-corrected chi connectivity index (χ1v) is 9.40. The van der Waals surface area contributed by atoms with Crippen LogP contribution in [-0.4, -0.2) is 48.4 Å². The summed E-state index contributed by atoms with van der Waals surface area (Å²) < 4.78 is 4.92. The number of nitrogens with one attached hydrogen (secondary N) is 1. The molecule has 0 spiro atoms. The molecule has 8 heteroatoms. The fourth-order valence-corrected chi connectivity index (χ4v) is 4.84. The minimum absolute atomic E-state index is 0.122. The Morgan fingerprint density at radius 3 is 2.46 bits per heavy atom. The van der Waals surface area contributed by atoms with Crippen LogP contribution in [0.5, 0.6) is 0 Å². The number of allylic oxidation sites excluding steroid dienone is 2. The summed E-state index contributed by atoms with van der Waals surface area (Å²) in [5.41, 5.74) is 1.11. The average Bonchev–Trinajstić information content (AvgIpc) is 3.43. The molecule has 1 saturated carbocycles. The number of fused-ring (bicyclic) bond motifs is 5. The van der Waals surface area contributed by atoms with Crippen LogP contribution >= 0.6 is 0 Å². The molecular weight excluding hydrogens is 362 g/mol. The molecule has 3 fully saturated rings. The maximum Gasteiger partial charge on any atom is 0.414 e. The van der Waals surface area contributed by atoms with E-state index < -0.39 is 12.0 Å². The van der Waals surface area contributed by atoms with Crippen molar-refractivity contribution in [3.63, 3.8) is 0 Å². The van der Waals surface area contributed by atoms with Crippen molar-refractivity contribution in [1.82, 2.24) is 4.90 Å². The summed E-state index contributed by atoms with van der Waals surface area (Å²) >= 11 is 0. The minimum atomic E-state index is -0.442. The van der Waals surface area contributed by atoms with Crippen LogP contribution in [0.15, 0.2) is 36.4 Å². The fraction of sp³-hybridized carbons (Fsp3) is 0.400. The normalized spacial score (nSPS) is 30.2. The zero-order valence-corrected chi connectivity index (χ0v) is 15.0. The van der Waals surface area contributed by atoms with Crippen LogP contribution in [0.4, 0.5) is 16.2 Å². The first kappa shape index (κ1) is 17.0. The van der Waals surface area contributed by atoms with Gasteiger partial charge in [0.05, 0.1) is 18.4 Å². The molecule has 5 rings (SSSR count). The zero-order chi connectivity index (χ0) is 19.4. The van der Waals surface area contributed by atoms with E-state index in [2.05, 4.69) is 5.32 Å². The molecule has 2 heterocycles. The van der Waals surface area contributed by atoms with Gasteiger partial charge in [-0.15, -0.1) is 0 Å². The van der Waals surface area contributed by atoms with E-state index in [1.165, 1.54) is 4.90 Å². The summed E-state index contributed by atoms with van der Waals surface area (Å²) in [6.07, 6.45) is 4.48. The zero-order valence-electron chi connectivity index (χ0n) is 15.0. The summed E-state index contributed by atoms with van der Waals surface area (Å²) in [5.74, 6) is -1.29. The molecule has 2 aliphatic carbocycles. The summed E-state index contributed by atoms with van der Waals surface area (Å²) in [7, 11) is 0. The Labute approximate surface area is 161 Å². The molecule has 2 saturated heterocycles. The highest BCUT2D eigenvalue weighted by atomic mass is 16.6. The largest absolute Gasteiger partial charge is 0.447 e. The maximum absolute atomic E-state index is 12.7. The molecule has 8 nitrogen and oxygen atoms in total. The second kappa shape index (κ2) is 6.19. The van der Waals surface area contributed by atoms with Gasteiger partial charge in [-0.3, -0.25) is 24.2 Å². The van der Waals surface area contributed by atoms with Gasteiger partial charge in [0.15, 0.2) is 0 Å². The molecule has 1 aromatic carbocycles. The fourth-order valence-electron chi connectivity index (χ4n) is 4.84. The standard InChI is InChI=1S/C20H19N3O5/c24-15(21-13-2-1-3-14(9-13)22-6-7-28-20(22)27)10-23-18(25)16-11-4-5-12(8-11)17(16)19(23)26/h1-5,9,11-12,16-17H,6-8,10H2,(H,21,24). The second-order valence-electron chi connectivity index (χ2n) is 7.63. The number of ether oxygens (including phenoxy) is 1. The molecule has 0 radical (unpaired) electrons. The Kier molecular flexibility index (Phi) is 3.75. The topological polar surface area (TPSA) is 96.0 Å². The smallest absolute Gasteiger partial charge is 0.414 e. The first-order chi connectivity index (χ1) is 13.5. The summed E-state index contributed by atoms with van der Waals surface area (Å²) in [6.45, 7) is 0.486. The third-order valence-electron chi connectivity index (χ3n) is 6.07. The lowest BCUT2D eigenvalue weighted by atomic mass is 9.85. The molecule has 1 N–H and O–H groups in total. The van der Waals surface area contributed by atoms with Gasteiger partial charge in [0.1, 0.15) is 13.2 Å². The van der Waals surface area contributed by atoms with E-state index in [4.69, 9.17) is 4.74 Å². The Hall–Kier alpha value is -3.16. The lowest BCUT2D eigenvalue weighted by molar-refractivity contribution is -0.143. The lowest BCUT2D eigenvalue weighted by Gasteiger charge is -2.17. The summed E-state index contributed by atoms with van der Waals surface area (Å²) in [5, 5.41) is 2.71. The number of imide groups is 1. The number of anilines is 2. The Morgan fingerprint density at radius 2 is 1.82 bits per heavy atom. The van der Waals surface area contributed by atoms with Crippen molar-refractivity contribution >= 4 is 35.2 Å². The summed E-state index contributed by atoms with van der Waals surface area (Å²) in [4.78, 5) is 52.1. The number of benzene rings is 1. The van der Waals surface area contributed by atoms with Crippen molar-refractivity contribution in [3.05, 3.63) is 36.4 Å². The number of rotatable bonds is 4. The van der Waals surface area contributed by atoms with Gasteiger partial charge in [0.2, 0.25) is 17.7 Å². The van der Waals surface area contributed by atoms with Crippen LogP contribution in [0.2, 0.25) is 0 Å². The molecule has 4 amide bonds. The van der Waals surface area contributed by atoms with E-state index in [0.29, 0.717) is 24.5 Å². The van der Waals surface area contributed by atoms with E-state index >= 15 is 0 Å². The van der Waals surface area contributed by atoms with E-state index in [-0.39, 0.29) is 42.0 Å².